The van der Waals surface area contributed by atoms with Gasteiger partial charge in [-0.15, -0.1) is 0 Å². The van der Waals surface area contributed by atoms with Crippen molar-refractivity contribution in [3.63, 3.8) is 0 Å². The minimum atomic E-state index is 1.02. The van der Waals surface area contributed by atoms with E-state index in [1.54, 1.807) is 0 Å². The van der Waals surface area contributed by atoms with Crippen LogP contribution in [-0.4, -0.2) is 9.13 Å². The number of aromatic nitrogens is 2. The lowest BCUT2D eigenvalue weighted by Gasteiger charge is -2.25. The van der Waals surface area contributed by atoms with Crippen LogP contribution in [-0.2, 0) is 0 Å². The first-order chi connectivity index (χ1) is 24.3. The van der Waals surface area contributed by atoms with Crippen LogP contribution in [0, 0.1) is 0 Å². The molecule has 0 bridgehead atoms. The summed E-state index contributed by atoms with van der Waals surface area (Å²) in [6, 6.07) is 57.3. The molecule has 0 amide bonds. The molecule has 0 radical (unpaired) electrons. The van der Waals surface area contributed by atoms with Crippen LogP contribution in [0.3, 0.4) is 0 Å². The van der Waals surface area contributed by atoms with Gasteiger partial charge in [-0.1, -0.05) is 97.1 Å². The Labute approximate surface area is 284 Å². The molecule has 10 rings (SSSR count). The molecule has 0 fully saturated rings. The third kappa shape index (κ3) is 4.36. The molecule has 0 aliphatic heterocycles. The fourth-order valence-corrected chi connectivity index (χ4v) is 7.96. The summed E-state index contributed by atoms with van der Waals surface area (Å²) >= 11 is 0. The second-order valence-electron chi connectivity index (χ2n) is 12.9. The molecule has 0 saturated carbocycles. The molecule has 1 aliphatic carbocycles. The molecule has 0 N–H and O–H groups in total. The standard InChI is InChI=1S/C46H33N3/c1-4-15-33(16-5-1)47(34-17-6-2-7-18-34)36-25-27-37(28-26-36)48-42-23-13-12-22-39(42)40-30-41-45(31-44(40)48)49(35-19-8-3-9-20-35)43-29-24-32-14-10-11-21-38(32)46(41)43/h1-8,10-19,21-31H,9,20H2. The normalized spacial score (nSPS) is 13.2. The van der Waals surface area contributed by atoms with E-state index in [0.29, 0.717) is 0 Å². The van der Waals surface area contributed by atoms with Crippen molar-refractivity contribution in [1.29, 1.82) is 0 Å². The summed E-state index contributed by atoms with van der Waals surface area (Å²) in [6.45, 7) is 0. The van der Waals surface area contributed by atoms with E-state index in [4.69, 9.17) is 0 Å². The Morgan fingerprint density at radius 1 is 0.449 bits per heavy atom. The van der Waals surface area contributed by atoms with E-state index in [1.165, 1.54) is 60.1 Å². The van der Waals surface area contributed by atoms with Gasteiger partial charge in [-0.05, 0) is 102 Å². The van der Waals surface area contributed by atoms with Crippen molar-refractivity contribution in [3.8, 4) is 5.69 Å². The Bertz CT molecular complexity index is 2710. The van der Waals surface area contributed by atoms with Crippen LogP contribution < -0.4 is 4.90 Å². The molecule has 3 heteroatoms. The number of rotatable bonds is 5. The summed E-state index contributed by atoms with van der Waals surface area (Å²) in [4.78, 5) is 2.31. The van der Waals surface area contributed by atoms with Gasteiger partial charge in [-0.2, -0.15) is 0 Å². The average Bonchev–Trinajstić information content (AvgIpc) is 3.68. The molecular formula is C46H33N3. The number of hydrogen-bond acceptors (Lipinski definition) is 1. The van der Waals surface area contributed by atoms with E-state index in [2.05, 4.69) is 190 Å². The van der Waals surface area contributed by atoms with Crippen LogP contribution in [0.15, 0.2) is 176 Å². The van der Waals surface area contributed by atoms with Crippen LogP contribution in [0.25, 0.3) is 65.8 Å². The largest absolute Gasteiger partial charge is 0.313 e. The number of benzene rings is 7. The van der Waals surface area contributed by atoms with Crippen LogP contribution >= 0.6 is 0 Å². The molecule has 7 aromatic carbocycles. The summed E-state index contributed by atoms with van der Waals surface area (Å²) < 4.78 is 4.96. The van der Waals surface area contributed by atoms with Crippen LogP contribution in [0.5, 0.6) is 0 Å². The highest BCUT2D eigenvalue weighted by Crippen LogP contribution is 2.43. The van der Waals surface area contributed by atoms with Crippen LogP contribution in [0.1, 0.15) is 12.8 Å². The molecule has 0 atom stereocenters. The highest BCUT2D eigenvalue weighted by Gasteiger charge is 2.21. The van der Waals surface area contributed by atoms with Crippen molar-refractivity contribution in [2.24, 2.45) is 0 Å². The fraction of sp³-hybridized carbons (Fsp3) is 0.0435. The first kappa shape index (κ1) is 27.8. The lowest BCUT2D eigenvalue weighted by molar-refractivity contribution is 0.979. The zero-order chi connectivity index (χ0) is 32.3. The van der Waals surface area contributed by atoms with Crippen molar-refractivity contribution < 1.29 is 0 Å². The predicted molar refractivity (Wildman–Crippen MR) is 209 cm³/mol. The number of anilines is 3. The van der Waals surface area contributed by atoms with E-state index in [-0.39, 0.29) is 0 Å². The number of allylic oxidation sites excluding steroid dienone is 4. The van der Waals surface area contributed by atoms with Crippen LogP contribution in [0.2, 0.25) is 0 Å². The van der Waals surface area contributed by atoms with Crippen molar-refractivity contribution in [2.45, 2.75) is 12.8 Å². The zero-order valence-corrected chi connectivity index (χ0v) is 27.0. The van der Waals surface area contributed by atoms with Gasteiger partial charge in [-0.25, -0.2) is 0 Å². The molecule has 0 unspecified atom stereocenters. The van der Waals surface area contributed by atoms with Gasteiger partial charge in [0.05, 0.1) is 22.1 Å². The Balaban J connectivity index is 1.23. The Morgan fingerprint density at radius 3 is 1.84 bits per heavy atom. The molecule has 0 saturated heterocycles. The van der Waals surface area contributed by atoms with E-state index in [1.807, 2.05) is 0 Å². The van der Waals surface area contributed by atoms with E-state index in [9.17, 15) is 0 Å². The van der Waals surface area contributed by atoms with Crippen molar-refractivity contribution in [3.05, 3.63) is 176 Å². The third-order valence-corrected chi connectivity index (χ3v) is 10.1. The van der Waals surface area contributed by atoms with Gasteiger partial charge in [0, 0.05) is 50.0 Å². The SMILES string of the molecule is C1=CCCC(n2c3cc4c(cc3c3c5ccccc5ccc32)c2ccccc2n4-c2ccc(N(c3ccccc3)c3ccccc3)cc2)=C1. The van der Waals surface area contributed by atoms with Crippen molar-refractivity contribution in [1.82, 2.24) is 9.13 Å². The maximum absolute atomic E-state index is 2.52. The number of hydrogen-bond donors (Lipinski definition) is 0. The molecular weight excluding hydrogens is 595 g/mol. The highest BCUT2D eigenvalue weighted by atomic mass is 15.1. The minimum absolute atomic E-state index is 1.02. The topological polar surface area (TPSA) is 13.1 Å². The predicted octanol–water partition coefficient (Wildman–Crippen LogP) is 12.7. The maximum Gasteiger partial charge on any atom is 0.0562 e. The van der Waals surface area contributed by atoms with Gasteiger partial charge in [0.25, 0.3) is 0 Å². The van der Waals surface area contributed by atoms with Gasteiger partial charge in [-0.3, -0.25) is 0 Å². The Morgan fingerprint density at radius 2 is 1.10 bits per heavy atom. The van der Waals surface area contributed by atoms with Gasteiger partial charge >= 0.3 is 0 Å². The van der Waals surface area contributed by atoms with Crippen molar-refractivity contribution in [2.75, 3.05) is 4.90 Å². The summed E-state index contributed by atoms with van der Waals surface area (Å²) in [5.74, 6) is 0. The summed E-state index contributed by atoms with van der Waals surface area (Å²) in [7, 11) is 0. The van der Waals surface area contributed by atoms with E-state index in [0.717, 1.165) is 35.6 Å². The third-order valence-electron chi connectivity index (χ3n) is 10.1. The maximum atomic E-state index is 2.52. The quantitative estimate of drug-likeness (QED) is 0.185. The summed E-state index contributed by atoms with van der Waals surface area (Å²) in [5, 5.41) is 7.74. The zero-order valence-electron chi connectivity index (χ0n) is 27.0. The molecule has 2 aromatic heterocycles. The summed E-state index contributed by atoms with van der Waals surface area (Å²) in [6.07, 6.45) is 8.84. The molecule has 1 aliphatic rings. The Hall–Kier alpha value is -6.32. The van der Waals surface area contributed by atoms with E-state index < -0.39 is 0 Å². The second kappa shape index (κ2) is 11.1. The summed E-state index contributed by atoms with van der Waals surface area (Å²) in [5.41, 5.74) is 10.8. The van der Waals surface area contributed by atoms with Crippen molar-refractivity contribution >= 4 is 77.1 Å². The molecule has 9 aromatic rings. The highest BCUT2D eigenvalue weighted by molar-refractivity contribution is 6.25. The number of nitrogens with zero attached hydrogens (tertiary/aromatic N) is 3. The molecule has 2 heterocycles. The first-order valence-electron chi connectivity index (χ1n) is 17.1. The Kier molecular flexibility index (Phi) is 6.31. The van der Waals surface area contributed by atoms with Gasteiger partial charge in [0.15, 0.2) is 0 Å². The van der Waals surface area contributed by atoms with Crippen LogP contribution in [0.4, 0.5) is 17.1 Å². The second-order valence-corrected chi connectivity index (χ2v) is 12.9. The van der Waals surface area contributed by atoms with Gasteiger partial charge < -0.3 is 14.0 Å². The average molecular weight is 628 g/mol. The lowest BCUT2D eigenvalue weighted by atomic mass is 10.0. The number of para-hydroxylation sites is 3. The van der Waals surface area contributed by atoms with Gasteiger partial charge in [0.1, 0.15) is 0 Å². The van der Waals surface area contributed by atoms with Gasteiger partial charge in [0.2, 0.25) is 0 Å². The molecule has 232 valence electrons. The number of fused-ring (bicyclic) bond motifs is 8. The monoisotopic (exact) mass is 627 g/mol. The lowest BCUT2D eigenvalue weighted by Crippen LogP contribution is -2.09. The molecule has 3 nitrogen and oxygen atoms in total. The minimum Gasteiger partial charge on any atom is -0.313 e. The fourth-order valence-electron chi connectivity index (χ4n) is 7.96. The molecule has 49 heavy (non-hydrogen) atoms. The first-order valence-corrected chi connectivity index (χ1v) is 17.1. The smallest absolute Gasteiger partial charge is 0.0562 e. The molecule has 0 spiro atoms. The van der Waals surface area contributed by atoms with E-state index >= 15 is 0 Å².